The molecule has 2 unspecified atom stereocenters. The fourth-order valence-corrected chi connectivity index (χ4v) is 3.57. The first-order valence-corrected chi connectivity index (χ1v) is 8.01. The lowest BCUT2D eigenvalue weighted by Crippen LogP contribution is -2.42. The van der Waals surface area contributed by atoms with Gasteiger partial charge in [-0.05, 0) is 37.9 Å². The Morgan fingerprint density at radius 1 is 1.32 bits per heavy atom. The Kier molecular flexibility index (Phi) is 4.48. The number of rotatable bonds is 4. The number of benzene rings is 1. The quantitative estimate of drug-likeness (QED) is 0.801. The lowest BCUT2D eigenvalue weighted by molar-refractivity contribution is 0.0738. The van der Waals surface area contributed by atoms with Gasteiger partial charge in [0.25, 0.3) is 5.91 Å². The van der Waals surface area contributed by atoms with Gasteiger partial charge < -0.3 is 14.5 Å². The zero-order valence-electron chi connectivity index (χ0n) is 13.2. The molecule has 4 nitrogen and oxygen atoms in total. The Hall–Kier alpha value is -1.81. The van der Waals surface area contributed by atoms with Gasteiger partial charge in [0.2, 0.25) is 0 Å². The van der Waals surface area contributed by atoms with E-state index in [-0.39, 0.29) is 5.91 Å². The number of hydrogen-bond donors (Lipinski definition) is 0. The van der Waals surface area contributed by atoms with Crippen LogP contribution in [0.4, 0.5) is 0 Å². The van der Waals surface area contributed by atoms with Crippen LogP contribution in [0, 0.1) is 5.92 Å². The third-order valence-corrected chi connectivity index (χ3v) is 4.75. The first kappa shape index (κ1) is 15.1. The highest BCUT2D eigenvalue weighted by Gasteiger charge is 2.35. The zero-order valence-corrected chi connectivity index (χ0v) is 13.2. The van der Waals surface area contributed by atoms with Crippen molar-refractivity contribution in [3.8, 4) is 5.75 Å². The van der Waals surface area contributed by atoms with E-state index < -0.39 is 0 Å². The summed E-state index contributed by atoms with van der Waals surface area (Å²) in [4.78, 5) is 17.4. The van der Waals surface area contributed by atoms with Crippen molar-refractivity contribution in [1.82, 2.24) is 9.80 Å². The van der Waals surface area contributed by atoms with Crippen molar-refractivity contribution in [3.63, 3.8) is 0 Å². The van der Waals surface area contributed by atoms with Crippen LogP contribution in [0.5, 0.6) is 5.75 Å². The second-order valence-corrected chi connectivity index (χ2v) is 6.34. The Bertz CT molecular complexity index is 558. The van der Waals surface area contributed by atoms with Gasteiger partial charge in [-0.15, -0.1) is 0 Å². The average molecular weight is 300 g/mol. The number of fused-ring (bicyclic) bond motifs is 4. The minimum atomic E-state index is 0.0897. The lowest BCUT2D eigenvalue weighted by atomic mass is 9.96. The van der Waals surface area contributed by atoms with Crippen LogP contribution in [0.25, 0.3) is 0 Å². The molecule has 0 saturated carbocycles. The molecule has 3 heterocycles. The molecule has 22 heavy (non-hydrogen) atoms. The van der Waals surface area contributed by atoms with Gasteiger partial charge in [0.15, 0.2) is 0 Å². The van der Waals surface area contributed by atoms with Gasteiger partial charge in [0.05, 0.1) is 5.56 Å². The molecule has 3 aliphatic rings. The number of para-hydroxylation sites is 1. The van der Waals surface area contributed by atoms with Gasteiger partial charge in [-0.1, -0.05) is 24.8 Å². The van der Waals surface area contributed by atoms with E-state index in [0.29, 0.717) is 29.9 Å². The van der Waals surface area contributed by atoms with Crippen molar-refractivity contribution >= 4 is 5.91 Å². The van der Waals surface area contributed by atoms with Crippen molar-refractivity contribution in [2.75, 3.05) is 33.3 Å². The SMILES string of the molecule is C=CCOc1ccccc1C(=O)N1CC2CCC(C1)N(C)C2. The molecule has 2 atom stereocenters. The van der Waals surface area contributed by atoms with Crippen LogP contribution >= 0.6 is 0 Å². The van der Waals surface area contributed by atoms with Gasteiger partial charge in [-0.3, -0.25) is 4.79 Å². The highest BCUT2D eigenvalue weighted by Crippen LogP contribution is 2.29. The molecule has 3 aliphatic heterocycles. The summed E-state index contributed by atoms with van der Waals surface area (Å²) in [5.41, 5.74) is 0.660. The molecule has 0 aromatic heterocycles. The molecule has 4 heteroatoms. The van der Waals surface area contributed by atoms with Crippen molar-refractivity contribution in [1.29, 1.82) is 0 Å². The van der Waals surface area contributed by atoms with E-state index in [1.165, 1.54) is 12.8 Å². The van der Waals surface area contributed by atoms with Crippen molar-refractivity contribution in [2.45, 2.75) is 18.9 Å². The maximum atomic E-state index is 13.0. The summed E-state index contributed by atoms with van der Waals surface area (Å²) in [6.45, 7) is 6.86. The van der Waals surface area contributed by atoms with Gasteiger partial charge in [-0.25, -0.2) is 0 Å². The Labute approximate surface area is 132 Å². The average Bonchev–Trinajstić information content (AvgIpc) is 2.83. The monoisotopic (exact) mass is 300 g/mol. The zero-order chi connectivity index (χ0) is 15.5. The molecule has 2 bridgehead atoms. The van der Waals surface area contributed by atoms with E-state index in [0.717, 1.165) is 19.6 Å². The number of amides is 1. The number of ether oxygens (including phenoxy) is 1. The molecule has 4 rings (SSSR count). The Morgan fingerprint density at radius 2 is 2.14 bits per heavy atom. The molecule has 118 valence electrons. The number of carbonyl (C=O) groups excluding carboxylic acids is 1. The number of likely N-dealkylation sites (N-methyl/N-ethyl adjacent to an activating group) is 1. The summed E-state index contributed by atoms with van der Waals surface area (Å²) in [6, 6.07) is 8.00. The molecule has 3 fully saturated rings. The van der Waals surface area contributed by atoms with Gasteiger partial charge in [0, 0.05) is 25.7 Å². The molecule has 0 N–H and O–H groups in total. The second kappa shape index (κ2) is 6.53. The van der Waals surface area contributed by atoms with E-state index in [1.807, 2.05) is 29.2 Å². The highest BCUT2D eigenvalue weighted by atomic mass is 16.5. The fraction of sp³-hybridized carbons (Fsp3) is 0.500. The normalized spacial score (nSPS) is 24.9. The standard InChI is InChI=1S/C18H24N2O2/c1-3-10-22-17-7-5-4-6-16(17)18(21)20-12-14-8-9-15(13-20)19(2)11-14/h3-7,14-15H,1,8-13H2,2H3. The van der Waals surface area contributed by atoms with Crippen molar-refractivity contribution in [2.24, 2.45) is 5.92 Å². The molecule has 1 aromatic carbocycles. The summed E-state index contributed by atoms with van der Waals surface area (Å²) in [5.74, 6) is 1.33. The summed E-state index contributed by atoms with van der Waals surface area (Å²) in [5, 5.41) is 0. The smallest absolute Gasteiger partial charge is 0.257 e. The predicted octanol–water partition coefficient (Wildman–Crippen LogP) is 2.42. The van der Waals surface area contributed by atoms with E-state index in [4.69, 9.17) is 4.74 Å². The van der Waals surface area contributed by atoms with Crippen LogP contribution in [0.1, 0.15) is 23.2 Å². The van der Waals surface area contributed by atoms with Crippen LogP contribution < -0.4 is 4.74 Å². The minimum absolute atomic E-state index is 0.0897. The lowest BCUT2D eigenvalue weighted by Gasteiger charge is -2.32. The third kappa shape index (κ3) is 3.02. The topological polar surface area (TPSA) is 32.8 Å². The summed E-state index contributed by atoms with van der Waals surface area (Å²) < 4.78 is 5.64. The molecular formula is C18H24N2O2. The van der Waals surface area contributed by atoms with Crippen LogP contribution in [-0.4, -0.2) is 55.0 Å². The van der Waals surface area contributed by atoms with Gasteiger partial charge in [-0.2, -0.15) is 0 Å². The number of carbonyl (C=O) groups is 1. The Balaban J connectivity index is 1.80. The number of nitrogens with zero attached hydrogens (tertiary/aromatic N) is 2. The summed E-state index contributed by atoms with van der Waals surface area (Å²) in [7, 11) is 2.17. The first-order valence-electron chi connectivity index (χ1n) is 8.01. The molecule has 3 saturated heterocycles. The summed E-state index contributed by atoms with van der Waals surface area (Å²) >= 11 is 0. The van der Waals surface area contributed by atoms with Crippen LogP contribution in [-0.2, 0) is 0 Å². The first-order chi connectivity index (χ1) is 10.7. The number of piperidine rings is 1. The van der Waals surface area contributed by atoms with Gasteiger partial charge >= 0.3 is 0 Å². The molecule has 0 spiro atoms. The maximum absolute atomic E-state index is 13.0. The van der Waals surface area contributed by atoms with E-state index >= 15 is 0 Å². The molecule has 0 radical (unpaired) electrons. The second-order valence-electron chi connectivity index (χ2n) is 6.34. The van der Waals surface area contributed by atoms with Crippen molar-refractivity contribution in [3.05, 3.63) is 42.5 Å². The van der Waals surface area contributed by atoms with Crippen molar-refractivity contribution < 1.29 is 9.53 Å². The third-order valence-electron chi connectivity index (χ3n) is 4.75. The van der Waals surface area contributed by atoms with Crippen LogP contribution in [0.2, 0.25) is 0 Å². The molecule has 0 aliphatic carbocycles. The molecule has 1 amide bonds. The highest BCUT2D eigenvalue weighted by molar-refractivity contribution is 5.97. The predicted molar refractivity (Wildman–Crippen MR) is 87.2 cm³/mol. The largest absolute Gasteiger partial charge is 0.489 e. The summed E-state index contributed by atoms with van der Waals surface area (Å²) in [6.07, 6.45) is 4.12. The maximum Gasteiger partial charge on any atom is 0.257 e. The van der Waals surface area contributed by atoms with E-state index in [1.54, 1.807) is 6.08 Å². The van der Waals surface area contributed by atoms with Gasteiger partial charge in [0.1, 0.15) is 12.4 Å². The molecular weight excluding hydrogens is 276 g/mol. The molecule has 1 aromatic rings. The Morgan fingerprint density at radius 3 is 2.91 bits per heavy atom. The minimum Gasteiger partial charge on any atom is -0.489 e. The van der Waals surface area contributed by atoms with Crippen LogP contribution in [0.3, 0.4) is 0 Å². The van der Waals surface area contributed by atoms with E-state index in [9.17, 15) is 4.79 Å². The van der Waals surface area contributed by atoms with Crippen LogP contribution in [0.15, 0.2) is 36.9 Å². The fourth-order valence-electron chi connectivity index (χ4n) is 3.57. The van der Waals surface area contributed by atoms with E-state index in [2.05, 4.69) is 18.5 Å². The number of hydrogen-bond acceptors (Lipinski definition) is 3.